The summed E-state index contributed by atoms with van der Waals surface area (Å²) in [5.74, 6) is 0.692. The van der Waals surface area contributed by atoms with Gasteiger partial charge in [-0.25, -0.2) is 4.98 Å². The van der Waals surface area contributed by atoms with E-state index in [-0.39, 0.29) is 0 Å². The number of aryl methyl sites for hydroxylation is 1. The molecule has 0 amide bonds. The summed E-state index contributed by atoms with van der Waals surface area (Å²) in [6, 6.07) is 2.12. The Morgan fingerprint density at radius 3 is 2.93 bits per heavy atom. The van der Waals surface area contributed by atoms with Crippen molar-refractivity contribution >= 4 is 11.3 Å². The predicted molar refractivity (Wildman–Crippen MR) is 56.3 cm³/mol. The fraction of sp³-hybridized carbons (Fsp3) is 0.364. The molecule has 0 atom stereocenters. The topological polar surface area (TPSA) is 43.3 Å². The molecule has 1 aliphatic carbocycles. The van der Waals surface area contributed by atoms with E-state index >= 15 is 0 Å². The summed E-state index contributed by atoms with van der Waals surface area (Å²) in [6.07, 6.45) is 6.53. The Labute approximate surface area is 82.6 Å². The van der Waals surface area contributed by atoms with Gasteiger partial charge in [0.15, 0.2) is 0 Å². The van der Waals surface area contributed by atoms with Gasteiger partial charge in [-0.05, 0) is 37.3 Å². The molecule has 0 unspecified atom stereocenters. The van der Waals surface area contributed by atoms with Gasteiger partial charge in [-0.1, -0.05) is 0 Å². The molecule has 3 nitrogen and oxygen atoms in total. The first-order chi connectivity index (χ1) is 6.74. The van der Waals surface area contributed by atoms with E-state index in [1.807, 2.05) is 23.7 Å². The van der Waals surface area contributed by atoms with E-state index in [0.717, 1.165) is 17.0 Å². The standard InChI is InChI=1S/C11H13N3/c1-7-5-14-6-10(12)9(8-2-3-8)4-11(14)13-7/h4-6,8H,2-3,12H2,1H3. The fourth-order valence-corrected chi connectivity index (χ4v) is 1.94. The summed E-state index contributed by atoms with van der Waals surface area (Å²) in [4.78, 5) is 4.43. The molecule has 72 valence electrons. The molecular weight excluding hydrogens is 174 g/mol. The van der Waals surface area contributed by atoms with Gasteiger partial charge >= 0.3 is 0 Å². The molecule has 1 fully saturated rings. The van der Waals surface area contributed by atoms with Gasteiger partial charge in [0.2, 0.25) is 0 Å². The van der Waals surface area contributed by atoms with E-state index in [2.05, 4.69) is 11.1 Å². The first-order valence-electron chi connectivity index (χ1n) is 4.99. The van der Waals surface area contributed by atoms with Crippen LogP contribution in [0.15, 0.2) is 18.5 Å². The number of nitrogen functional groups attached to an aromatic ring is 1. The normalized spacial score (nSPS) is 16.4. The van der Waals surface area contributed by atoms with Gasteiger partial charge in [-0.15, -0.1) is 0 Å². The number of imidazole rings is 1. The molecule has 0 bridgehead atoms. The van der Waals surface area contributed by atoms with E-state index < -0.39 is 0 Å². The molecule has 0 aromatic carbocycles. The van der Waals surface area contributed by atoms with Crippen LogP contribution in [0, 0.1) is 6.92 Å². The zero-order valence-electron chi connectivity index (χ0n) is 8.20. The summed E-state index contributed by atoms with van der Waals surface area (Å²) in [6.45, 7) is 2.00. The van der Waals surface area contributed by atoms with Gasteiger partial charge in [0.05, 0.1) is 11.4 Å². The van der Waals surface area contributed by atoms with Crippen LogP contribution in [0.1, 0.15) is 30.0 Å². The molecule has 1 aliphatic rings. The highest BCUT2D eigenvalue weighted by atomic mass is 15.0. The lowest BCUT2D eigenvalue weighted by atomic mass is 10.1. The highest BCUT2D eigenvalue weighted by Gasteiger charge is 2.26. The molecule has 0 radical (unpaired) electrons. The monoisotopic (exact) mass is 187 g/mol. The van der Waals surface area contributed by atoms with Gasteiger partial charge < -0.3 is 10.1 Å². The first-order valence-corrected chi connectivity index (χ1v) is 4.99. The Bertz CT molecular complexity index is 494. The van der Waals surface area contributed by atoms with Gasteiger partial charge in [0.25, 0.3) is 0 Å². The second-order valence-corrected chi connectivity index (χ2v) is 4.11. The van der Waals surface area contributed by atoms with Gasteiger partial charge in [-0.3, -0.25) is 0 Å². The molecule has 3 heteroatoms. The predicted octanol–water partition coefficient (Wildman–Crippen LogP) is 2.10. The number of rotatable bonds is 1. The highest BCUT2D eigenvalue weighted by molar-refractivity contribution is 5.57. The summed E-state index contributed by atoms with van der Waals surface area (Å²) < 4.78 is 2.00. The maximum Gasteiger partial charge on any atom is 0.137 e. The van der Waals surface area contributed by atoms with Crippen molar-refractivity contribution in [2.45, 2.75) is 25.7 Å². The molecule has 0 aliphatic heterocycles. The molecule has 2 N–H and O–H groups in total. The van der Waals surface area contributed by atoms with Crippen molar-refractivity contribution in [1.29, 1.82) is 0 Å². The largest absolute Gasteiger partial charge is 0.397 e. The van der Waals surface area contributed by atoms with E-state index in [4.69, 9.17) is 5.73 Å². The third-order valence-corrected chi connectivity index (χ3v) is 2.79. The number of fused-ring (bicyclic) bond motifs is 1. The summed E-state index contributed by atoms with van der Waals surface area (Å²) in [5.41, 5.74) is 10.2. The van der Waals surface area contributed by atoms with Crippen LogP contribution >= 0.6 is 0 Å². The van der Waals surface area contributed by atoms with Crippen molar-refractivity contribution in [2.75, 3.05) is 5.73 Å². The van der Waals surface area contributed by atoms with Crippen LogP contribution in [0.3, 0.4) is 0 Å². The van der Waals surface area contributed by atoms with Crippen LogP contribution in [0.5, 0.6) is 0 Å². The van der Waals surface area contributed by atoms with Gasteiger partial charge in [-0.2, -0.15) is 0 Å². The number of nitrogens with zero attached hydrogens (tertiary/aromatic N) is 2. The molecule has 0 saturated heterocycles. The van der Waals surface area contributed by atoms with Gasteiger partial charge in [0.1, 0.15) is 5.65 Å². The van der Waals surface area contributed by atoms with Crippen molar-refractivity contribution < 1.29 is 0 Å². The highest BCUT2D eigenvalue weighted by Crippen LogP contribution is 2.42. The molecule has 1 saturated carbocycles. The summed E-state index contributed by atoms with van der Waals surface area (Å²) >= 11 is 0. The number of hydrogen-bond acceptors (Lipinski definition) is 2. The van der Waals surface area contributed by atoms with Crippen LogP contribution in [0.4, 0.5) is 5.69 Å². The number of nitrogens with two attached hydrogens (primary N) is 1. The van der Waals surface area contributed by atoms with E-state index in [0.29, 0.717) is 5.92 Å². The van der Waals surface area contributed by atoms with Gasteiger partial charge in [0, 0.05) is 12.4 Å². The average molecular weight is 187 g/mol. The number of hydrogen-bond donors (Lipinski definition) is 1. The van der Waals surface area contributed by atoms with Crippen molar-refractivity contribution in [3.05, 3.63) is 29.7 Å². The lowest BCUT2D eigenvalue weighted by Gasteiger charge is -2.04. The third kappa shape index (κ3) is 1.09. The molecule has 2 aromatic heterocycles. The smallest absolute Gasteiger partial charge is 0.137 e. The Hall–Kier alpha value is -1.51. The summed E-state index contributed by atoms with van der Waals surface area (Å²) in [5, 5.41) is 0. The van der Waals surface area contributed by atoms with Crippen molar-refractivity contribution in [2.24, 2.45) is 0 Å². The first kappa shape index (κ1) is 7.85. The minimum absolute atomic E-state index is 0.692. The second kappa shape index (κ2) is 2.50. The second-order valence-electron chi connectivity index (χ2n) is 4.11. The zero-order chi connectivity index (χ0) is 9.71. The lowest BCUT2D eigenvalue weighted by Crippen LogP contribution is -1.96. The fourth-order valence-electron chi connectivity index (χ4n) is 1.94. The van der Waals surface area contributed by atoms with Crippen LogP contribution in [-0.4, -0.2) is 9.38 Å². The van der Waals surface area contributed by atoms with Crippen LogP contribution in [-0.2, 0) is 0 Å². The van der Waals surface area contributed by atoms with E-state index in [1.54, 1.807) is 0 Å². The SMILES string of the molecule is Cc1cn2cc(N)c(C3CC3)cc2n1. The number of anilines is 1. The Morgan fingerprint density at radius 2 is 2.21 bits per heavy atom. The minimum atomic E-state index is 0.692. The quantitative estimate of drug-likeness (QED) is 0.743. The molecular formula is C11H13N3. The molecule has 2 aromatic rings. The molecule has 14 heavy (non-hydrogen) atoms. The maximum atomic E-state index is 5.99. The summed E-state index contributed by atoms with van der Waals surface area (Å²) in [7, 11) is 0. The average Bonchev–Trinajstić information content (AvgIpc) is 2.88. The zero-order valence-corrected chi connectivity index (χ0v) is 8.20. The lowest BCUT2D eigenvalue weighted by molar-refractivity contribution is 1.09. The number of pyridine rings is 1. The van der Waals surface area contributed by atoms with Crippen molar-refractivity contribution in [3.63, 3.8) is 0 Å². The Balaban J connectivity index is 2.25. The van der Waals surface area contributed by atoms with Crippen molar-refractivity contribution in [3.8, 4) is 0 Å². The molecule has 0 spiro atoms. The van der Waals surface area contributed by atoms with Crippen LogP contribution in [0.25, 0.3) is 5.65 Å². The number of aromatic nitrogens is 2. The van der Waals surface area contributed by atoms with Crippen molar-refractivity contribution in [1.82, 2.24) is 9.38 Å². The van der Waals surface area contributed by atoms with Crippen LogP contribution in [0.2, 0.25) is 0 Å². The maximum absolute atomic E-state index is 5.99. The Kier molecular flexibility index (Phi) is 1.40. The van der Waals surface area contributed by atoms with E-state index in [1.165, 1.54) is 18.4 Å². The minimum Gasteiger partial charge on any atom is -0.397 e. The molecule has 3 rings (SSSR count). The van der Waals surface area contributed by atoms with Crippen LogP contribution < -0.4 is 5.73 Å². The molecule has 2 heterocycles. The third-order valence-electron chi connectivity index (χ3n) is 2.79. The van der Waals surface area contributed by atoms with E-state index in [9.17, 15) is 0 Å². The Morgan fingerprint density at radius 1 is 1.43 bits per heavy atom.